The Morgan fingerprint density at radius 2 is 2.10 bits per heavy atom. The van der Waals surface area contributed by atoms with Gasteiger partial charge >= 0.3 is 0 Å². The second kappa shape index (κ2) is 6.18. The van der Waals surface area contributed by atoms with Crippen LogP contribution in [0.5, 0.6) is 0 Å². The monoisotopic (exact) mass is 290 g/mol. The first-order chi connectivity index (χ1) is 10.2. The van der Waals surface area contributed by atoms with Gasteiger partial charge in [-0.3, -0.25) is 0 Å². The van der Waals surface area contributed by atoms with E-state index < -0.39 is 0 Å². The van der Waals surface area contributed by atoms with Gasteiger partial charge in [0.05, 0.1) is 18.8 Å². The number of rotatable bonds is 3. The van der Waals surface area contributed by atoms with E-state index in [0.29, 0.717) is 18.1 Å². The predicted molar refractivity (Wildman–Crippen MR) is 85.0 cm³/mol. The van der Waals surface area contributed by atoms with Gasteiger partial charge < -0.3 is 15.0 Å². The van der Waals surface area contributed by atoms with Gasteiger partial charge in [0.15, 0.2) is 0 Å². The molecule has 5 nitrogen and oxygen atoms in total. The molecule has 0 radical (unpaired) electrons. The summed E-state index contributed by atoms with van der Waals surface area (Å²) >= 11 is 0. The summed E-state index contributed by atoms with van der Waals surface area (Å²) in [5, 5.41) is 3.22. The Morgan fingerprint density at radius 1 is 1.29 bits per heavy atom. The highest BCUT2D eigenvalue weighted by Gasteiger charge is 2.36. The van der Waals surface area contributed by atoms with Crippen LogP contribution in [0.15, 0.2) is 6.33 Å². The van der Waals surface area contributed by atoms with Crippen LogP contribution in [-0.4, -0.2) is 42.3 Å². The Morgan fingerprint density at radius 3 is 2.86 bits per heavy atom. The van der Waals surface area contributed by atoms with Crippen LogP contribution in [0.1, 0.15) is 51.0 Å². The van der Waals surface area contributed by atoms with Crippen molar-refractivity contribution in [3.05, 3.63) is 11.9 Å². The molecule has 5 heteroatoms. The molecule has 1 saturated carbocycles. The Hall–Kier alpha value is -1.36. The second-order valence-electron chi connectivity index (χ2n) is 6.32. The highest BCUT2D eigenvalue weighted by atomic mass is 16.5. The molecule has 1 aromatic rings. The first-order valence-electron chi connectivity index (χ1n) is 8.13. The third-order valence-corrected chi connectivity index (χ3v) is 4.68. The maximum atomic E-state index is 5.99. The standard InChI is InChI=1S/C16H26N4O/c1-11(2)14-15(17-3)18-10-19-16(14)20-8-9-21-13-7-5-4-6-12(13)20/h10-13H,4-9H2,1-3H3,(H,17,18,19). The van der Waals surface area contributed by atoms with Crippen molar-refractivity contribution in [1.29, 1.82) is 0 Å². The van der Waals surface area contributed by atoms with Gasteiger partial charge in [-0.25, -0.2) is 9.97 Å². The number of nitrogens with zero attached hydrogens (tertiary/aromatic N) is 3. The Kier molecular flexibility index (Phi) is 4.29. The molecule has 1 aliphatic carbocycles. The van der Waals surface area contributed by atoms with Gasteiger partial charge in [0.25, 0.3) is 0 Å². The number of morpholine rings is 1. The van der Waals surface area contributed by atoms with E-state index in [0.717, 1.165) is 24.8 Å². The van der Waals surface area contributed by atoms with Crippen LogP contribution < -0.4 is 10.2 Å². The number of hydrogen-bond donors (Lipinski definition) is 1. The van der Waals surface area contributed by atoms with E-state index in [1.54, 1.807) is 6.33 Å². The summed E-state index contributed by atoms with van der Waals surface area (Å²) in [6.45, 7) is 6.16. The number of ether oxygens (including phenoxy) is 1. The van der Waals surface area contributed by atoms with Crippen molar-refractivity contribution >= 4 is 11.6 Å². The molecular formula is C16H26N4O. The van der Waals surface area contributed by atoms with E-state index in [1.807, 2.05) is 7.05 Å². The van der Waals surface area contributed by atoms with E-state index in [1.165, 1.54) is 31.2 Å². The van der Waals surface area contributed by atoms with E-state index in [2.05, 4.69) is 34.0 Å². The highest BCUT2D eigenvalue weighted by Crippen LogP contribution is 2.36. The predicted octanol–water partition coefficient (Wildman–Crippen LogP) is 2.79. The first-order valence-corrected chi connectivity index (χ1v) is 8.13. The molecule has 116 valence electrons. The lowest BCUT2D eigenvalue weighted by Gasteiger charge is -2.45. The van der Waals surface area contributed by atoms with E-state index >= 15 is 0 Å². The minimum absolute atomic E-state index is 0.375. The molecule has 0 amide bonds. The zero-order chi connectivity index (χ0) is 14.8. The molecule has 1 aromatic heterocycles. The smallest absolute Gasteiger partial charge is 0.137 e. The third kappa shape index (κ3) is 2.71. The fourth-order valence-electron chi connectivity index (χ4n) is 3.71. The summed E-state index contributed by atoms with van der Waals surface area (Å²) < 4.78 is 5.99. The van der Waals surface area contributed by atoms with Crippen LogP contribution in [0.2, 0.25) is 0 Å². The first kappa shape index (κ1) is 14.6. The molecule has 2 atom stereocenters. The Labute approximate surface area is 127 Å². The summed E-state index contributed by atoms with van der Waals surface area (Å²) in [5.41, 5.74) is 1.23. The fraction of sp³-hybridized carbons (Fsp3) is 0.750. The van der Waals surface area contributed by atoms with Gasteiger partial charge in [0.2, 0.25) is 0 Å². The summed E-state index contributed by atoms with van der Waals surface area (Å²) in [6, 6.07) is 0.476. The van der Waals surface area contributed by atoms with Crippen molar-refractivity contribution in [1.82, 2.24) is 9.97 Å². The van der Waals surface area contributed by atoms with Gasteiger partial charge in [0.1, 0.15) is 18.0 Å². The zero-order valence-electron chi connectivity index (χ0n) is 13.3. The number of fused-ring (bicyclic) bond motifs is 1. The average molecular weight is 290 g/mol. The van der Waals surface area contributed by atoms with Crippen molar-refractivity contribution in [2.24, 2.45) is 0 Å². The van der Waals surface area contributed by atoms with Crippen LogP contribution in [0.4, 0.5) is 11.6 Å². The van der Waals surface area contributed by atoms with Crippen molar-refractivity contribution < 1.29 is 4.74 Å². The van der Waals surface area contributed by atoms with Gasteiger partial charge in [-0.2, -0.15) is 0 Å². The zero-order valence-corrected chi connectivity index (χ0v) is 13.3. The van der Waals surface area contributed by atoms with E-state index in [-0.39, 0.29) is 0 Å². The van der Waals surface area contributed by atoms with Crippen LogP contribution >= 0.6 is 0 Å². The topological polar surface area (TPSA) is 50.3 Å². The molecule has 0 bridgehead atoms. The lowest BCUT2D eigenvalue weighted by atomic mass is 9.89. The summed E-state index contributed by atoms with van der Waals surface area (Å²) in [6.07, 6.45) is 7.03. The number of hydrogen-bond acceptors (Lipinski definition) is 5. The largest absolute Gasteiger partial charge is 0.374 e. The van der Waals surface area contributed by atoms with E-state index in [4.69, 9.17) is 4.74 Å². The van der Waals surface area contributed by atoms with Gasteiger partial charge in [-0.05, 0) is 18.8 Å². The SMILES string of the molecule is CNc1ncnc(N2CCOC3CCCCC32)c1C(C)C. The van der Waals surface area contributed by atoms with Crippen molar-refractivity contribution in [2.45, 2.75) is 57.6 Å². The van der Waals surface area contributed by atoms with Gasteiger partial charge in [0, 0.05) is 19.2 Å². The van der Waals surface area contributed by atoms with Crippen LogP contribution in [0.3, 0.4) is 0 Å². The summed E-state index contributed by atoms with van der Waals surface area (Å²) in [4.78, 5) is 11.5. The number of aromatic nitrogens is 2. The van der Waals surface area contributed by atoms with Gasteiger partial charge in [-0.15, -0.1) is 0 Å². The molecule has 0 spiro atoms. The van der Waals surface area contributed by atoms with Crippen molar-refractivity contribution in [2.75, 3.05) is 30.4 Å². The average Bonchev–Trinajstić information content (AvgIpc) is 2.53. The molecule has 2 fully saturated rings. The van der Waals surface area contributed by atoms with Crippen molar-refractivity contribution in [3.63, 3.8) is 0 Å². The number of nitrogens with one attached hydrogen (secondary N) is 1. The van der Waals surface area contributed by atoms with Crippen LogP contribution in [0.25, 0.3) is 0 Å². The molecule has 2 heterocycles. The summed E-state index contributed by atoms with van der Waals surface area (Å²) in [5.74, 6) is 2.45. The Balaban J connectivity index is 1.98. The fourth-order valence-corrected chi connectivity index (χ4v) is 3.71. The molecular weight excluding hydrogens is 264 g/mol. The minimum Gasteiger partial charge on any atom is -0.374 e. The van der Waals surface area contributed by atoms with Gasteiger partial charge in [-0.1, -0.05) is 26.7 Å². The lowest BCUT2D eigenvalue weighted by Crippen LogP contribution is -2.53. The Bertz CT molecular complexity index is 489. The molecule has 2 unspecified atom stereocenters. The lowest BCUT2D eigenvalue weighted by molar-refractivity contribution is -0.00907. The van der Waals surface area contributed by atoms with Crippen molar-refractivity contribution in [3.8, 4) is 0 Å². The maximum Gasteiger partial charge on any atom is 0.137 e. The molecule has 2 aliphatic rings. The molecule has 1 aliphatic heterocycles. The molecule has 1 N–H and O–H groups in total. The molecule has 0 aromatic carbocycles. The molecule has 21 heavy (non-hydrogen) atoms. The number of anilines is 2. The molecule has 3 rings (SSSR count). The van der Waals surface area contributed by atoms with E-state index in [9.17, 15) is 0 Å². The second-order valence-corrected chi connectivity index (χ2v) is 6.32. The quantitative estimate of drug-likeness (QED) is 0.927. The summed E-state index contributed by atoms with van der Waals surface area (Å²) in [7, 11) is 1.93. The highest BCUT2D eigenvalue weighted by molar-refractivity contribution is 5.61. The maximum absolute atomic E-state index is 5.99. The van der Waals surface area contributed by atoms with Crippen LogP contribution in [0, 0.1) is 0 Å². The van der Waals surface area contributed by atoms with Crippen LogP contribution in [-0.2, 0) is 4.74 Å². The third-order valence-electron chi connectivity index (χ3n) is 4.68. The minimum atomic E-state index is 0.375. The normalized spacial score (nSPS) is 25.8. The molecule has 1 saturated heterocycles.